The van der Waals surface area contributed by atoms with Gasteiger partial charge in [-0.2, -0.15) is 5.26 Å². The number of carbonyl (C=O) groups excluding carboxylic acids is 1. The van der Waals surface area contributed by atoms with Gasteiger partial charge >= 0.3 is 0 Å². The summed E-state index contributed by atoms with van der Waals surface area (Å²) in [6.07, 6.45) is 3.77. The maximum atomic E-state index is 11.1. The molecule has 7 nitrogen and oxygen atoms in total. The smallest absolute Gasteiger partial charge is 0.221 e. The zero-order valence-corrected chi connectivity index (χ0v) is 12.5. The Balaban J connectivity index is 1.60. The topological polar surface area (TPSA) is 103 Å². The average molecular weight is 314 g/mol. The molecule has 2 aromatic heterocycles. The van der Waals surface area contributed by atoms with Crippen LogP contribution in [-0.4, -0.2) is 28.5 Å². The summed E-state index contributed by atoms with van der Waals surface area (Å²) in [4.78, 5) is 20.1. The maximum absolute atomic E-state index is 11.1. The van der Waals surface area contributed by atoms with Gasteiger partial charge in [0.05, 0.1) is 6.20 Å². The highest BCUT2D eigenvalue weighted by Crippen LogP contribution is 2.21. The van der Waals surface area contributed by atoms with E-state index in [1.165, 1.54) is 17.5 Å². The van der Waals surface area contributed by atoms with Gasteiger partial charge in [0.15, 0.2) is 5.13 Å². The van der Waals surface area contributed by atoms with Crippen LogP contribution in [0.3, 0.4) is 0 Å². The summed E-state index contributed by atoms with van der Waals surface area (Å²) in [5.41, 5.74) is 1.06. The average Bonchev–Trinajstić information content (AvgIpc) is 3.14. The maximum Gasteiger partial charge on any atom is 0.221 e. The van der Waals surface area contributed by atoms with E-state index in [0.717, 1.165) is 5.56 Å². The van der Waals surface area contributed by atoms with Gasteiger partial charge in [-0.1, -0.05) is 11.3 Å². The van der Waals surface area contributed by atoms with Crippen LogP contribution in [0.2, 0.25) is 0 Å². The largest absolute Gasteiger partial charge is 0.354 e. The first-order valence-corrected chi connectivity index (χ1v) is 7.62. The molecule has 2 aromatic rings. The lowest BCUT2D eigenvalue weighted by molar-refractivity contribution is -0.119. The predicted octanol–water partition coefficient (Wildman–Crippen LogP) is 1.13. The van der Waals surface area contributed by atoms with Crippen LogP contribution >= 0.6 is 11.3 Å². The van der Waals surface area contributed by atoms with Crippen molar-refractivity contribution in [2.75, 3.05) is 11.9 Å². The van der Waals surface area contributed by atoms with Gasteiger partial charge in [-0.15, -0.1) is 0 Å². The molecule has 3 N–H and O–H groups in total. The van der Waals surface area contributed by atoms with Crippen molar-refractivity contribution in [3.63, 3.8) is 0 Å². The van der Waals surface area contributed by atoms with Crippen LogP contribution < -0.4 is 16.0 Å². The van der Waals surface area contributed by atoms with Gasteiger partial charge in [0.2, 0.25) is 5.91 Å². The van der Waals surface area contributed by atoms with Crippen LogP contribution in [0.25, 0.3) is 0 Å². The van der Waals surface area contributed by atoms with Gasteiger partial charge < -0.3 is 16.0 Å². The van der Waals surface area contributed by atoms with Crippen LogP contribution in [0, 0.1) is 11.3 Å². The van der Waals surface area contributed by atoms with Crippen LogP contribution in [0.15, 0.2) is 24.5 Å². The third-order valence-corrected chi connectivity index (χ3v) is 4.06. The summed E-state index contributed by atoms with van der Waals surface area (Å²) in [6, 6.07) is 6.07. The van der Waals surface area contributed by atoms with E-state index in [9.17, 15) is 4.79 Å². The molecule has 1 atom stereocenters. The van der Waals surface area contributed by atoms with Gasteiger partial charge in [0, 0.05) is 31.7 Å². The number of aromatic nitrogens is 2. The number of nitriles is 1. The molecule has 0 aromatic carbocycles. The highest BCUT2D eigenvalue weighted by Gasteiger charge is 2.20. The number of pyridine rings is 1. The van der Waals surface area contributed by atoms with Gasteiger partial charge in [-0.25, -0.2) is 9.97 Å². The summed E-state index contributed by atoms with van der Waals surface area (Å²) in [5.74, 6) is 0.769. The number of nitrogens with zero attached hydrogens (tertiary/aromatic N) is 3. The molecule has 0 saturated carbocycles. The third kappa shape index (κ3) is 3.58. The van der Waals surface area contributed by atoms with Gasteiger partial charge in [-0.3, -0.25) is 4.79 Å². The number of carbonyl (C=O) groups is 1. The van der Waals surface area contributed by atoms with Crippen molar-refractivity contribution in [3.05, 3.63) is 35.0 Å². The zero-order chi connectivity index (χ0) is 15.4. The highest BCUT2D eigenvalue weighted by molar-refractivity contribution is 7.16. The molecular formula is C14H14N6OS. The van der Waals surface area contributed by atoms with Crippen LogP contribution in [0.1, 0.15) is 16.9 Å². The second-order valence-corrected chi connectivity index (χ2v) is 5.93. The molecule has 1 unspecified atom stereocenters. The fourth-order valence-electron chi connectivity index (χ4n) is 2.16. The van der Waals surface area contributed by atoms with E-state index in [-0.39, 0.29) is 11.9 Å². The molecule has 8 heteroatoms. The van der Waals surface area contributed by atoms with Crippen molar-refractivity contribution in [1.82, 2.24) is 20.6 Å². The van der Waals surface area contributed by atoms with Gasteiger partial charge in [-0.05, 0) is 17.7 Å². The predicted molar refractivity (Wildman–Crippen MR) is 82.6 cm³/mol. The highest BCUT2D eigenvalue weighted by atomic mass is 32.1. The van der Waals surface area contributed by atoms with E-state index >= 15 is 0 Å². The molecule has 0 radical (unpaired) electrons. The molecule has 1 amide bonds. The Bertz CT molecular complexity index is 722. The van der Waals surface area contributed by atoms with Crippen LogP contribution in [-0.2, 0) is 11.3 Å². The van der Waals surface area contributed by atoms with E-state index < -0.39 is 0 Å². The Morgan fingerprint density at radius 3 is 3.14 bits per heavy atom. The Hall–Kier alpha value is -2.50. The summed E-state index contributed by atoms with van der Waals surface area (Å²) < 4.78 is 0. The number of nitrogens with one attached hydrogen (secondary N) is 3. The Morgan fingerprint density at radius 1 is 1.50 bits per heavy atom. The van der Waals surface area contributed by atoms with Crippen LogP contribution in [0.4, 0.5) is 10.9 Å². The van der Waals surface area contributed by atoms with Crippen molar-refractivity contribution in [3.8, 4) is 6.07 Å². The normalized spacial score (nSPS) is 17.0. The second kappa shape index (κ2) is 6.51. The molecule has 1 fully saturated rings. The Morgan fingerprint density at radius 2 is 2.41 bits per heavy atom. The van der Waals surface area contributed by atoms with E-state index in [2.05, 4.69) is 32.0 Å². The molecular weight excluding hydrogens is 300 g/mol. The van der Waals surface area contributed by atoms with Crippen molar-refractivity contribution < 1.29 is 4.79 Å². The third-order valence-electron chi connectivity index (χ3n) is 3.25. The molecule has 3 rings (SSSR count). The van der Waals surface area contributed by atoms with E-state index in [0.29, 0.717) is 35.3 Å². The first-order valence-electron chi connectivity index (χ1n) is 6.81. The van der Waals surface area contributed by atoms with Gasteiger partial charge in [0.25, 0.3) is 0 Å². The zero-order valence-electron chi connectivity index (χ0n) is 11.7. The molecule has 1 aliphatic heterocycles. The lowest BCUT2D eigenvalue weighted by Gasteiger charge is -2.11. The van der Waals surface area contributed by atoms with Crippen molar-refractivity contribution >= 4 is 28.2 Å². The second-order valence-electron chi connectivity index (χ2n) is 4.90. The number of thiazole rings is 1. The minimum atomic E-state index is 0.0895. The van der Waals surface area contributed by atoms with E-state index in [4.69, 9.17) is 5.26 Å². The van der Waals surface area contributed by atoms with Crippen molar-refractivity contribution in [2.45, 2.75) is 19.0 Å². The SMILES string of the molecule is N#Cc1cnc(Nc2cc(CNC3CNC(=O)C3)ccn2)s1. The number of hydrogen-bond donors (Lipinski definition) is 3. The van der Waals surface area contributed by atoms with E-state index in [1.807, 2.05) is 12.1 Å². The lowest BCUT2D eigenvalue weighted by Crippen LogP contribution is -2.30. The number of amides is 1. The summed E-state index contributed by atoms with van der Waals surface area (Å²) in [6.45, 7) is 1.34. The summed E-state index contributed by atoms with van der Waals surface area (Å²) >= 11 is 1.28. The number of rotatable bonds is 5. The van der Waals surface area contributed by atoms with Gasteiger partial charge in [0.1, 0.15) is 16.8 Å². The van der Waals surface area contributed by atoms with Crippen molar-refractivity contribution in [1.29, 1.82) is 5.26 Å². The Labute approximate surface area is 131 Å². The monoisotopic (exact) mass is 314 g/mol. The standard InChI is InChI=1S/C14H14N6OS/c15-5-11-8-19-14(22-11)20-12-3-9(1-2-16-12)6-17-10-4-13(21)18-7-10/h1-3,8,10,17H,4,6-7H2,(H,18,21)(H,16,19,20). The van der Waals surface area contributed by atoms with Crippen LogP contribution in [0.5, 0.6) is 0 Å². The molecule has 0 bridgehead atoms. The molecule has 112 valence electrons. The number of hydrogen-bond acceptors (Lipinski definition) is 7. The Kier molecular flexibility index (Phi) is 4.27. The molecule has 22 heavy (non-hydrogen) atoms. The fraction of sp³-hybridized carbons (Fsp3) is 0.286. The summed E-state index contributed by atoms with van der Waals surface area (Å²) in [5, 5.41) is 18.7. The van der Waals surface area contributed by atoms with E-state index in [1.54, 1.807) is 6.20 Å². The summed E-state index contributed by atoms with van der Waals surface area (Å²) in [7, 11) is 0. The first-order chi connectivity index (χ1) is 10.7. The molecule has 0 aliphatic carbocycles. The molecule has 1 saturated heterocycles. The minimum Gasteiger partial charge on any atom is -0.354 e. The van der Waals surface area contributed by atoms with Crippen molar-refractivity contribution in [2.24, 2.45) is 0 Å². The fourth-order valence-corrected chi connectivity index (χ4v) is 2.78. The number of anilines is 2. The lowest BCUT2D eigenvalue weighted by atomic mass is 10.2. The minimum absolute atomic E-state index is 0.0895. The quantitative estimate of drug-likeness (QED) is 0.764. The molecule has 3 heterocycles. The first kappa shape index (κ1) is 14.4. The molecule has 0 spiro atoms. The molecule has 1 aliphatic rings.